The zero-order chi connectivity index (χ0) is 37.6. The van der Waals surface area contributed by atoms with Crippen molar-refractivity contribution in [3.8, 4) is 28.8 Å². The van der Waals surface area contributed by atoms with Crippen molar-refractivity contribution in [3.63, 3.8) is 0 Å². The number of ether oxygens (including phenoxy) is 4. The van der Waals surface area contributed by atoms with Crippen LogP contribution in [0, 0.1) is 23.1 Å². The molecule has 11 heteroatoms. The van der Waals surface area contributed by atoms with Crippen molar-refractivity contribution in [2.24, 2.45) is 5.92 Å². The number of amides is 1. The Morgan fingerprint density at radius 2 is 1.96 bits per heavy atom. The maximum atomic E-state index is 17.8. The molecule has 280 valence electrons. The Morgan fingerprint density at radius 3 is 2.70 bits per heavy atom. The second-order valence-corrected chi connectivity index (χ2v) is 15.9. The van der Waals surface area contributed by atoms with Gasteiger partial charge in [-0.05, 0) is 108 Å². The highest BCUT2D eigenvalue weighted by Crippen LogP contribution is 2.51. The van der Waals surface area contributed by atoms with E-state index in [1.54, 1.807) is 7.11 Å². The van der Waals surface area contributed by atoms with Crippen LogP contribution in [0.25, 0.3) is 32.8 Å². The number of nitriles is 1. The fourth-order valence-electron chi connectivity index (χ4n) is 8.61. The lowest BCUT2D eigenvalue weighted by atomic mass is 9.77. The van der Waals surface area contributed by atoms with Gasteiger partial charge in [0.05, 0.1) is 23.8 Å². The number of hydrogen-bond acceptors (Lipinski definition) is 9. The van der Waals surface area contributed by atoms with Gasteiger partial charge in [-0.3, -0.25) is 0 Å². The van der Waals surface area contributed by atoms with Crippen LogP contribution in [0.4, 0.5) is 14.9 Å². The first-order valence-electron chi connectivity index (χ1n) is 18.7. The molecule has 4 aromatic rings. The first-order valence-corrected chi connectivity index (χ1v) is 18.7. The number of carbonyl (C=O) groups excluding carboxylic acids is 1. The molecule has 53 heavy (non-hydrogen) atoms. The number of fused-ring (bicyclic) bond motifs is 5. The van der Waals surface area contributed by atoms with Crippen LogP contribution in [0.2, 0.25) is 0 Å². The minimum absolute atomic E-state index is 0.00978. The normalized spacial score (nSPS) is 20.0. The first-order chi connectivity index (χ1) is 25.4. The Balaban J connectivity index is 1.44. The summed E-state index contributed by atoms with van der Waals surface area (Å²) < 4.78 is 41.3. The predicted octanol–water partition coefficient (Wildman–Crippen LogP) is 7.72. The number of rotatable bonds is 11. The molecule has 3 aromatic carbocycles. The smallest absolute Gasteiger partial charge is 0.410 e. The first kappa shape index (κ1) is 36.7. The van der Waals surface area contributed by atoms with Crippen molar-refractivity contribution >= 4 is 33.5 Å². The predicted molar refractivity (Wildman–Crippen MR) is 204 cm³/mol. The fraction of sp³-hybridized carbons (Fsp3) is 0.500. The van der Waals surface area contributed by atoms with Crippen LogP contribution in [0.15, 0.2) is 42.5 Å². The van der Waals surface area contributed by atoms with Crippen molar-refractivity contribution in [2.75, 3.05) is 52.5 Å². The highest BCUT2D eigenvalue weighted by atomic mass is 19.1. The summed E-state index contributed by atoms with van der Waals surface area (Å²) in [4.78, 5) is 24.7. The summed E-state index contributed by atoms with van der Waals surface area (Å²) in [5.41, 5.74) is 3.29. The van der Waals surface area contributed by atoms with Gasteiger partial charge in [-0.2, -0.15) is 5.26 Å². The highest BCUT2D eigenvalue weighted by Gasteiger charge is 2.57. The Morgan fingerprint density at radius 1 is 1.17 bits per heavy atom. The largest absolute Gasteiger partial charge is 0.473 e. The number of aryl methyl sites for hydroxylation is 1. The van der Waals surface area contributed by atoms with Crippen molar-refractivity contribution in [3.05, 3.63) is 59.4 Å². The number of nitrogens with zero attached hydrogens (tertiary/aromatic N) is 5. The van der Waals surface area contributed by atoms with Gasteiger partial charge in [0.15, 0.2) is 12.6 Å². The minimum atomic E-state index is -0.593. The van der Waals surface area contributed by atoms with Crippen LogP contribution < -0.4 is 14.4 Å². The number of aromatic nitrogens is 1. The van der Waals surface area contributed by atoms with E-state index < -0.39 is 11.4 Å². The molecule has 1 aliphatic carbocycles. The van der Waals surface area contributed by atoms with E-state index in [-0.39, 0.29) is 48.9 Å². The van der Waals surface area contributed by atoms with Gasteiger partial charge in [0.2, 0.25) is 5.88 Å². The Kier molecular flexibility index (Phi) is 10.1. The number of benzene rings is 3. The number of methoxy groups -OCH3 is 1. The summed E-state index contributed by atoms with van der Waals surface area (Å²) in [6, 6.07) is 16.0. The van der Waals surface area contributed by atoms with Crippen molar-refractivity contribution in [2.45, 2.75) is 83.6 Å². The lowest BCUT2D eigenvalue weighted by Crippen LogP contribution is -2.57. The number of halogens is 1. The van der Waals surface area contributed by atoms with Crippen molar-refractivity contribution < 1.29 is 28.1 Å². The number of hydrogen-bond donors (Lipinski definition) is 0. The maximum absolute atomic E-state index is 17.8. The molecule has 4 atom stereocenters. The standard InChI is InChI=1S/C42H50FN5O5/c1-25(22-46(5)6)52-40-31-15-11-17-47(38-28-20-34(38)48(23-28)41(49)53-42(2,3)4)39(31)33-19-27(13-10-16-44)35(36(43)37(33)45-40)32-21-29(51-24-50-7)18-26-12-8-9-14-30(26)32/h8-9,12,14,18-19,21,25,28,34,38H,10-11,13,15,17,20,22-24H2,1-7H3/t25-,28?,34?,38?/m0/s1. The van der Waals surface area contributed by atoms with E-state index in [0.717, 1.165) is 53.4 Å². The molecule has 3 unspecified atom stereocenters. The zero-order valence-electron chi connectivity index (χ0n) is 31.9. The molecule has 8 rings (SSSR count). The third-order valence-corrected chi connectivity index (χ3v) is 10.6. The van der Waals surface area contributed by atoms with Crippen molar-refractivity contribution in [1.82, 2.24) is 14.8 Å². The summed E-state index contributed by atoms with van der Waals surface area (Å²) in [5.74, 6) is 0.795. The van der Waals surface area contributed by atoms with Crippen LogP contribution in [-0.4, -0.2) is 92.3 Å². The van der Waals surface area contributed by atoms with Gasteiger partial charge in [0.1, 0.15) is 23.0 Å². The van der Waals surface area contributed by atoms with E-state index in [1.807, 2.05) is 89.2 Å². The average molecular weight is 724 g/mol. The van der Waals surface area contributed by atoms with Crippen molar-refractivity contribution in [1.29, 1.82) is 5.26 Å². The molecule has 0 N–H and O–H groups in total. The van der Waals surface area contributed by atoms with Crippen LogP contribution in [-0.2, 0) is 22.3 Å². The van der Waals surface area contributed by atoms with Crippen LogP contribution >= 0.6 is 0 Å². The summed E-state index contributed by atoms with van der Waals surface area (Å²) in [6.07, 6.45) is 2.60. The molecule has 3 aliphatic heterocycles. The molecule has 1 aromatic heterocycles. The van der Waals surface area contributed by atoms with Gasteiger partial charge in [-0.15, -0.1) is 0 Å². The number of pyridine rings is 1. The van der Waals surface area contributed by atoms with Gasteiger partial charge >= 0.3 is 6.09 Å². The molecule has 10 nitrogen and oxygen atoms in total. The lowest BCUT2D eigenvalue weighted by molar-refractivity contribution is 0.0232. The highest BCUT2D eigenvalue weighted by molar-refractivity contribution is 6.04. The molecule has 2 saturated heterocycles. The second-order valence-electron chi connectivity index (χ2n) is 15.9. The van der Waals surface area contributed by atoms with Crippen LogP contribution in [0.5, 0.6) is 11.6 Å². The van der Waals surface area contributed by atoms with Gasteiger partial charge < -0.3 is 33.6 Å². The molecule has 4 heterocycles. The molecule has 0 spiro atoms. The van der Waals surface area contributed by atoms with Gasteiger partial charge in [-0.25, -0.2) is 14.2 Å². The monoisotopic (exact) mass is 723 g/mol. The second kappa shape index (κ2) is 14.6. The fourth-order valence-corrected chi connectivity index (χ4v) is 8.61. The molecule has 0 radical (unpaired) electrons. The zero-order valence-corrected chi connectivity index (χ0v) is 31.9. The topological polar surface area (TPSA) is 100 Å². The Hall–Kier alpha value is -4.66. The quantitative estimate of drug-likeness (QED) is 0.144. The summed E-state index contributed by atoms with van der Waals surface area (Å²) in [5, 5.41) is 12.2. The van der Waals surface area contributed by atoms with E-state index in [2.05, 4.69) is 15.9 Å². The summed E-state index contributed by atoms with van der Waals surface area (Å²) in [6.45, 7) is 9.77. The maximum Gasteiger partial charge on any atom is 0.410 e. The van der Waals surface area contributed by atoms with Gasteiger partial charge in [0, 0.05) is 55.6 Å². The molecular weight excluding hydrogens is 673 g/mol. The van der Waals surface area contributed by atoms with Crippen LogP contribution in [0.1, 0.15) is 58.1 Å². The van der Waals surface area contributed by atoms with Gasteiger partial charge in [-0.1, -0.05) is 24.3 Å². The third kappa shape index (κ3) is 7.07. The van der Waals surface area contributed by atoms with Crippen LogP contribution in [0.3, 0.4) is 0 Å². The summed E-state index contributed by atoms with van der Waals surface area (Å²) in [7, 11) is 5.55. The number of likely N-dealkylation sites (N-methyl/N-ethyl adjacent to an activating group) is 1. The average Bonchev–Trinajstić information content (AvgIpc) is 3.71. The minimum Gasteiger partial charge on any atom is -0.473 e. The van der Waals surface area contributed by atoms with E-state index in [4.69, 9.17) is 23.9 Å². The van der Waals surface area contributed by atoms with E-state index in [1.165, 1.54) is 0 Å². The SMILES string of the molecule is COCOc1cc(-c2c(CCC#N)cc3c4c(c(O[C@@H](C)CN(C)C)nc3c2F)CCCN4C2C3CC2N(C(=O)OC(C)(C)C)C3)c2ccccc2c1. The Bertz CT molecular complexity index is 2070. The molecule has 1 saturated carbocycles. The molecule has 4 aliphatic rings. The molecule has 1 amide bonds. The lowest BCUT2D eigenvalue weighted by Gasteiger charge is -2.48. The van der Waals surface area contributed by atoms with E-state index >= 15 is 4.39 Å². The van der Waals surface area contributed by atoms with E-state index in [0.29, 0.717) is 47.7 Å². The summed E-state index contributed by atoms with van der Waals surface area (Å²) >= 11 is 0. The number of anilines is 1. The molecule has 2 bridgehead atoms. The van der Waals surface area contributed by atoms with E-state index in [9.17, 15) is 10.1 Å². The molecule has 3 fully saturated rings. The molecular formula is C42H50FN5O5. The van der Waals surface area contributed by atoms with Gasteiger partial charge in [0.25, 0.3) is 0 Å². The number of carbonyl (C=O) groups is 1. The Labute approximate surface area is 311 Å². The third-order valence-electron chi connectivity index (χ3n) is 10.6.